The van der Waals surface area contributed by atoms with Crippen molar-refractivity contribution in [3.63, 3.8) is 0 Å². The minimum absolute atomic E-state index is 0.0747. The molecular formula is C21H22F3NO3S. The van der Waals surface area contributed by atoms with Gasteiger partial charge in [0.1, 0.15) is 0 Å². The molecule has 0 radical (unpaired) electrons. The lowest BCUT2D eigenvalue weighted by molar-refractivity contribution is -0.138. The van der Waals surface area contributed by atoms with Crippen LogP contribution >= 0.6 is 0 Å². The molecule has 1 aliphatic heterocycles. The first-order valence-electron chi connectivity index (χ1n) is 9.32. The summed E-state index contributed by atoms with van der Waals surface area (Å²) in [6.07, 6.45) is -3.36. The lowest BCUT2D eigenvalue weighted by atomic mass is 10.0. The fraction of sp³-hybridized carbons (Fsp3) is 0.381. The lowest BCUT2D eigenvalue weighted by Gasteiger charge is -2.21. The van der Waals surface area contributed by atoms with Crippen LogP contribution in [0.3, 0.4) is 0 Å². The van der Waals surface area contributed by atoms with Crippen LogP contribution in [-0.2, 0) is 38.7 Å². The Hall–Kier alpha value is -2.19. The van der Waals surface area contributed by atoms with Crippen molar-refractivity contribution < 1.29 is 26.9 Å². The Morgan fingerprint density at radius 3 is 2.55 bits per heavy atom. The molecule has 0 spiro atoms. The number of halogens is 3. The summed E-state index contributed by atoms with van der Waals surface area (Å²) >= 11 is 0. The van der Waals surface area contributed by atoms with Gasteiger partial charge in [0.2, 0.25) is 5.91 Å². The van der Waals surface area contributed by atoms with Crippen molar-refractivity contribution in [2.45, 2.75) is 36.4 Å². The highest BCUT2D eigenvalue weighted by Gasteiger charge is 2.33. The Morgan fingerprint density at radius 2 is 1.83 bits per heavy atom. The molecule has 0 saturated carbocycles. The van der Waals surface area contributed by atoms with Gasteiger partial charge in [-0.1, -0.05) is 30.3 Å². The van der Waals surface area contributed by atoms with Gasteiger partial charge in [0.25, 0.3) is 0 Å². The summed E-state index contributed by atoms with van der Waals surface area (Å²) in [4.78, 5) is 12.3. The first kappa shape index (κ1) is 21.5. The van der Waals surface area contributed by atoms with E-state index in [4.69, 9.17) is 4.74 Å². The molecule has 2 aromatic carbocycles. The van der Waals surface area contributed by atoms with Gasteiger partial charge in [-0.25, -0.2) is 0 Å². The highest BCUT2D eigenvalue weighted by atomic mass is 32.2. The van der Waals surface area contributed by atoms with Crippen LogP contribution in [0.2, 0.25) is 0 Å². The smallest absolute Gasteiger partial charge is 0.381 e. The summed E-state index contributed by atoms with van der Waals surface area (Å²) in [6.45, 7) is 1.23. The van der Waals surface area contributed by atoms with Crippen molar-refractivity contribution in [2.75, 3.05) is 18.5 Å². The Kier molecular flexibility index (Phi) is 7.08. The number of hydrogen-bond acceptors (Lipinski definition) is 3. The van der Waals surface area contributed by atoms with E-state index < -0.39 is 28.4 Å². The largest absolute Gasteiger partial charge is 0.416 e. The molecule has 1 aliphatic rings. The van der Waals surface area contributed by atoms with Crippen LogP contribution in [-0.4, -0.2) is 28.6 Å². The van der Waals surface area contributed by atoms with Crippen molar-refractivity contribution in [1.82, 2.24) is 0 Å². The molecule has 1 fully saturated rings. The monoisotopic (exact) mass is 425 g/mol. The summed E-state index contributed by atoms with van der Waals surface area (Å²) in [6, 6.07) is 12.0. The maximum atomic E-state index is 13.1. The van der Waals surface area contributed by atoms with E-state index in [9.17, 15) is 22.2 Å². The summed E-state index contributed by atoms with van der Waals surface area (Å²) in [5.41, 5.74) is 0.398. The third-order valence-electron chi connectivity index (χ3n) is 4.73. The van der Waals surface area contributed by atoms with E-state index in [0.717, 1.165) is 24.5 Å². The topological polar surface area (TPSA) is 55.4 Å². The fourth-order valence-corrected chi connectivity index (χ4v) is 4.75. The molecule has 0 aromatic heterocycles. The van der Waals surface area contributed by atoms with Crippen molar-refractivity contribution in [3.8, 4) is 0 Å². The number of carbonyl (C=O) groups excluding carboxylic acids is 1. The van der Waals surface area contributed by atoms with E-state index in [1.54, 1.807) is 18.2 Å². The zero-order valence-corrected chi connectivity index (χ0v) is 16.5. The zero-order valence-electron chi connectivity index (χ0n) is 15.7. The van der Waals surface area contributed by atoms with Gasteiger partial charge in [-0.05, 0) is 42.2 Å². The first-order chi connectivity index (χ1) is 13.8. The van der Waals surface area contributed by atoms with E-state index in [0.29, 0.717) is 24.7 Å². The van der Waals surface area contributed by atoms with Crippen LogP contribution in [0, 0.1) is 0 Å². The molecule has 1 saturated heterocycles. The molecular weight excluding hydrogens is 403 g/mol. The van der Waals surface area contributed by atoms with Crippen LogP contribution in [0.5, 0.6) is 0 Å². The number of alkyl halides is 3. The molecule has 1 amide bonds. The number of rotatable bonds is 6. The van der Waals surface area contributed by atoms with Crippen molar-refractivity contribution in [3.05, 3.63) is 65.2 Å². The van der Waals surface area contributed by atoms with E-state index in [-0.39, 0.29) is 17.2 Å². The van der Waals surface area contributed by atoms with Crippen LogP contribution < -0.4 is 5.32 Å². The van der Waals surface area contributed by atoms with Crippen LogP contribution in [0.4, 0.5) is 18.9 Å². The predicted molar refractivity (Wildman–Crippen MR) is 106 cm³/mol. The van der Waals surface area contributed by atoms with Gasteiger partial charge >= 0.3 is 6.18 Å². The Balaban J connectivity index is 1.63. The van der Waals surface area contributed by atoms with E-state index in [1.807, 2.05) is 6.07 Å². The maximum Gasteiger partial charge on any atom is 0.416 e. The van der Waals surface area contributed by atoms with Gasteiger partial charge in [0.05, 0.1) is 12.0 Å². The second-order valence-corrected chi connectivity index (χ2v) is 8.63. The zero-order chi connectivity index (χ0) is 20.9. The van der Waals surface area contributed by atoms with Crippen LogP contribution in [0.15, 0.2) is 48.5 Å². The van der Waals surface area contributed by atoms with Gasteiger partial charge in [-0.15, -0.1) is 0 Å². The molecule has 3 rings (SSSR count). The van der Waals surface area contributed by atoms with Crippen molar-refractivity contribution >= 4 is 22.4 Å². The minimum Gasteiger partial charge on any atom is -0.381 e. The van der Waals surface area contributed by atoms with Crippen LogP contribution in [0.1, 0.15) is 29.5 Å². The molecule has 0 aliphatic carbocycles. The molecule has 1 atom stereocenters. The van der Waals surface area contributed by atoms with Gasteiger partial charge in [-0.3, -0.25) is 9.00 Å². The molecule has 1 heterocycles. The average molecular weight is 425 g/mol. The van der Waals surface area contributed by atoms with Crippen molar-refractivity contribution in [1.29, 1.82) is 0 Å². The highest BCUT2D eigenvalue weighted by Crippen LogP contribution is 2.32. The molecule has 1 N–H and O–H groups in total. The second-order valence-electron chi connectivity index (χ2n) is 6.92. The lowest BCUT2D eigenvalue weighted by Crippen LogP contribution is -2.25. The summed E-state index contributed by atoms with van der Waals surface area (Å²) in [5.74, 6) is -0.171. The maximum absolute atomic E-state index is 13.1. The molecule has 29 heavy (non-hydrogen) atoms. The second kappa shape index (κ2) is 9.54. The van der Waals surface area contributed by atoms with Gasteiger partial charge < -0.3 is 10.1 Å². The standard InChI is InChI=1S/C21H22F3NO3S/c22-21(23,24)19-7-2-1-5-16(19)13-20(26)25-17-6-3-4-15(12-17)14-29(27)18-8-10-28-11-9-18/h1-7,12,18H,8-11,13-14H2,(H,25,26). The number of nitrogens with one attached hydrogen (secondary N) is 1. The molecule has 156 valence electrons. The summed E-state index contributed by atoms with van der Waals surface area (Å²) in [7, 11) is -1.04. The fourth-order valence-electron chi connectivity index (χ4n) is 3.29. The SMILES string of the molecule is O=C(Cc1ccccc1C(F)(F)F)Nc1cccc(CS(=O)C2CCOCC2)c1. The van der Waals surface area contributed by atoms with Crippen molar-refractivity contribution in [2.24, 2.45) is 0 Å². The van der Waals surface area contributed by atoms with Gasteiger partial charge in [0.15, 0.2) is 0 Å². The number of ether oxygens (including phenoxy) is 1. The van der Waals surface area contributed by atoms with E-state index >= 15 is 0 Å². The number of hydrogen-bond donors (Lipinski definition) is 1. The highest BCUT2D eigenvalue weighted by molar-refractivity contribution is 7.84. The third-order valence-corrected chi connectivity index (χ3v) is 6.57. The molecule has 0 bridgehead atoms. The molecule has 8 heteroatoms. The Bertz CT molecular complexity index is 879. The van der Waals surface area contributed by atoms with E-state index in [1.165, 1.54) is 18.2 Å². The number of amides is 1. The predicted octanol–water partition coefficient (Wildman–Crippen LogP) is 4.31. The van der Waals surface area contributed by atoms with Gasteiger partial charge in [0, 0.05) is 40.7 Å². The minimum atomic E-state index is -4.51. The normalized spacial score (nSPS) is 16.4. The Labute approximate surface area is 169 Å². The molecule has 4 nitrogen and oxygen atoms in total. The number of benzene rings is 2. The number of anilines is 1. The Morgan fingerprint density at radius 1 is 1.10 bits per heavy atom. The number of carbonyl (C=O) groups is 1. The first-order valence-corrected chi connectivity index (χ1v) is 10.7. The molecule has 2 aromatic rings. The average Bonchev–Trinajstić information content (AvgIpc) is 2.68. The quantitative estimate of drug-likeness (QED) is 0.750. The summed E-state index contributed by atoms with van der Waals surface area (Å²) in [5, 5.41) is 2.74. The van der Waals surface area contributed by atoms with E-state index in [2.05, 4.69) is 5.32 Å². The van der Waals surface area contributed by atoms with Gasteiger partial charge in [-0.2, -0.15) is 13.2 Å². The van der Waals surface area contributed by atoms with Crippen LogP contribution in [0.25, 0.3) is 0 Å². The molecule has 1 unspecified atom stereocenters. The summed E-state index contributed by atoms with van der Waals surface area (Å²) < 4.78 is 57.1. The third kappa shape index (κ3) is 6.14.